The first-order valence-electron chi connectivity index (χ1n) is 9.21. The molecule has 2 heterocycles. The number of benzene rings is 1. The number of rotatable bonds is 3. The van der Waals surface area contributed by atoms with Crippen LogP contribution < -0.4 is 5.32 Å². The van der Waals surface area contributed by atoms with Crippen LogP contribution in [0.2, 0.25) is 0 Å². The van der Waals surface area contributed by atoms with Gasteiger partial charge in [-0.15, -0.1) is 0 Å². The smallest absolute Gasteiger partial charge is 0.162 e. The van der Waals surface area contributed by atoms with E-state index in [0.29, 0.717) is 6.42 Å². The molecule has 130 valence electrons. The molecule has 1 aliphatic heterocycles. The van der Waals surface area contributed by atoms with Crippen LogP contribution in [0, 0.1) is 12.3 Å². The molecule has 4 heteroatoms. The molecule has 25 heavy (non-hydrogen) atoms. The van der Waals surface area contributed by atoms with Crippen molar-refractivity contribution in [2.45, 2.75) is 52.4 Å². The van der Waals surface area contributed by atoms with E-state index in [4.69, 9.17) is 0 Å². The average molecular weight is 335 g/mol. The zero-order chi connectivity index (χ0) is 17.6. The molecule has 0 fully saturated rings. The van der Waals surface area contributed by atoms with Crippen molar-refractivity contribution < 1.29 is 4.79 Å². The van der Waals surface area contributed by atoms with E-state index in [1.807, 2.05) is 25.1 Å². The van der Waals surface area contributed by atoms with Gasteiger partial charge in [0.1, 0.15) is 0 Å². The fourth-order valence-corrected chi connectivity index (χ4v) is 4.49. The minimum absolute atomic E-state index is 0.0228. The van der Waals surface area contributed by atoms with E-state index in [0.717, 1.165) is 53.2 Å². The standard InChI is InChI=1S/C21H25N3O/c1-4-21(5-2)11-15-19(16(25)12-21)18(14-9-7-6-8-10-14)17-13(3)23-24-20(17)22-15/h6-10,18H,4-5,11-12H2,1-3H3,(H2,22,23,24). The van der Waals surface area contributed by atoms with Crippen LogP contribution in [0.15, 0.2) is 41.6 Å². The van der Waals surface area contributed by atoms with E-state index in [2.05, 4.69) is 41.5 Å². The highest BCUT2D eigenvalue weighted by Crippen LogP contribution is 2.51. The van der Waals surface area contributed by atoms with Crippen LogP contribution in [0.5, 0.6) is 0 Å². The normalized spacial score (nSPS) is 21.6. The lowest BCUT2D eigenvalue weighted by Crippen LogP contribution is -2.36. The molecule has 1 unspecified atom stereocenters. The van der Waals surface area contributed by atoms with Gasteiger partial charge >= 0.3 is 0 Å². The number of nitrogens with zero attached hydrogens (tertiary/aromatic N) is 1. The molecule has 0 saturated carbocycles. The molecule has 2 N–H and O–H groups in total. The second-order valence-electron chi connectivity index (χ2n) is 7.46. The summed E-state index contributed by atoms with van der Waals surface area (Å²) in [4.78, 5) is 13.3. The van der Waals surface area contributed by atoms with Crippen LogP contribution in [0.1, 0.15) is 62.3 Å². The molecule has 1 aromatic heterocycles. The third kappa shape index (κ3) is 2.43. The SMILES string of the molecule is CCC1(CC)CC(=O)C2=C(C1)Nc1n[nH]c(C)c1C2c1ccccc1. The highest BCUT2D eigenvalue weighted by Gasteiger charge is 2.44. The zero-order valence-electron chi connectivity index (χ0n) is 15.1. The number of aromatic amines is 1. The fourth-order valence-electron chi connectivity index (χ4n) is 4.49. The topological polar surface area (TPSA) is 57.8 Å². The number of Topliss-reactive ketones (excluding diaryl/α,β-unsaturated/α-hetero) is 1. The second-order valence-corrected chi connectivity index (χ2v) is 7.46. The van der Waals surface area contributed by atoms with Gasteiger partial charge in [-0.2, -0.15) is 5.10 Å². The van der Waals surface area contributed by atoms with Crippen molar-refractivity contribution in [2.24, 2.45) is 5.41 Å². The van der Waals surface area contributed by atoms with E-state index < -0.39 is 0 Å². The summed E-state index contributed by atoms with van der Waals surface area (Å²) in [5.41, 5.74) is 5.40. The minimum atomic E-state index is -0.0228. The maximum Gasteiger partial charge on any atom is 0.162 e. The van der Waals surface area contributed by atoms with Crippen molar-refractivity contribution in [3.8, 4) is 0 Å². The van der Waals surface area contributed by atoms with Gasteiger partial charge < -0.3 is 5.32 Å². The van der Waals surface area contributed by atoms with Crippen LogP contribution in [0.25, 0.3) is 0 Å². The summed E-state index contributed by atoms with van der Waals surface area (Å²) in [6.07, 6.45) is 3.62. The van der Waals surface area contributed by atoms with Gasteiger partial charge in [-0.1, -0.05) is 44.2 Å². The van der Waals surface area contributed by atoms with E-state index in [9.17, 15) is 4.79 Å². The molecule has 4 nitrogen and oxygen atoms in total. The Hall–Kier alpha value is -2.36. The lowest BCUT2D eigenvalue weighted by atomic mass is 9.65. The third-order valence-electron chi connectivity index (χ3n) is 6.19. The Labute approximate surface area is 148 Å². The predicted octanol–water partition coefficient (Wildman–Crippen LogP) is 4.70. The number of ketones is 1. The maximum atomic E-state index is 13.3. The number of allylic oxidation sites excluding steroid dienone is 2. The summed E-state index contributed by atoms with van der Waals surface area (Å²) in [6.45, 7) is 6.43. The number of carbonyl (C=O) groups excluding carboxylic acids is 1. The molecule has 1 atom stereocenters. The Morgan fingerprint density at radius 1 is 1.16 bits per heavy atom. The molecule has 0 spiro atoms. The molecule has 4 rings (SSSR count). The van der Waals surface area contributed by atoms with E-state index in [1.54, 1.807) is 0 Å². The average Bonchev–Trinajstić information content (AvgIpc) is 3.01. The number of H-pyrrole nitrogens is 1. The van der Waals surface area contributed by atoms with Gasteiger partial charge in [0.25, 0.3) is 0 Å². The largest absolute Gasteiger partial charge is 0.342 e. The van der Waals surface area contributed by atoms with Crippen LogP contribution in [-0.2, 0) is 4.79 Å². The first kappa shape index (κ1) is 16.1. The Bertz CT molecular complexity index is 843. The Balaban J connectivity index is 1.90. The van der Waals surface area contributed by atoms with Crippen molar-refractivity contribution in [3.63, 3.8) is 0 Å². The first-order chi connectivity index (χ1) is 12.1. The number of hydrogen-bond donors (Lipinski definition) is 2. The number of aryl methyl sites for hydroxylation is 1. The lowest BCUT2D eigenvalue weighted by Gasteiger charge is -2.41. The molecule has 2 aromatic rings. The summed E-state index contributed by atoms with van der Waals surface area (Å²) in [6, 6.07) is 10.3. The van der Waals surface area contributed by atoms with Gasteiger partial charge in [0.05, 0.1) is 0 Å². The Morgan fingerprint density at radius 3 is 2.56 bits per heavy atom. The van der Waals surface area contributed by atoms with Gasteiger partial charge in [0.2, 0.25) is 0 Å². The number of anilines is 1. The molecular weight excluding hydrogens is 310 g/mol. The number of fused-ring (bicyclic) bond motifs is 1. The Morgan fingerprint density at radius 2 is 1.88 bits per heavy atom. The number of hydrogen-bond acceptors (Lipinski definition) is 3. The molecule has 0 saturated heterocycles. The van der Waals surface area contributed by atoms with Gasteiger partial charge in [-0.25, -0.2) is 0 Å². The van der Waals surface area contributed by atoms with Crippen molar-refractivity contribution in [1.29, 1.82) is 0 Å². The number of aromatic nitrogens is 2. The summed E-state index contributed by atoms with van der Waals surface area (Å²) in [7, 11) is 0. The van der Waals surface area contributed by atoms with E-state index in [-0.39, 0.29) is 17.1 Å². The molecule has 0 radical (unpaired) electrons. The second kappa shape index (κ2) is 5.87. The van der Waals surface area contributed by atoms with Gasteiger partial charge in [0, 0.05) is 34.9 Å². The summed E-state index contributed by atoms with van der Waals surface area (Å²) < 4.78 is 0. The fraction of sp³-hybridized carbons (Fsp3) is 0.429. The molecule has 0 bridgehead atoms. The summed E-state index contributed by atoms with van der Waals surface area (Å²) in [5, 5.41) is 11.1. The van der Waals surface area contributed by atoms with E-state index in [1.165, 1.54) is 0 Å². The molecule has 0 amide bonds. The highest BCUT2D eigenvalue weighted by atomic mass is 16.1. The first-order valence-corrected chi connectivity index (χ1v) is 9.21. The number of nitrogens with one attached hydrogen (secondary N) is 2. The summed E-state index contributed by atoms with van der Waals surface area (Å²) in [5.74, 6) is 1.14. The maximum absolute atomic E-state index is 13.3. The summed E-state index contributed by atoms with van der Waals surface area (Å²) >= 11 is 0. The van der Waals surface area contributed by atoms with Crippen molar-refractivity contribution in [2.75, 3.05) is 5.32 Å². The monoisotopic (exact) mass is 335 g/mol. The van der Waals surface area contributed by atoms with E-state index >= 15 is 0 Å². The zero-order valence-corrected chi connectivity index (χ0v) is 15.1. The molecule has 2 aliphatic rings. The molecular formula is C21H25N3O. The quantitative estimate of drug-likeness (QED) is 0.855. The lowest BCUT2D eigenvalue weighted by molar-refractivity contribution is -0.119. The van der Waals surface area contributed by atoms with Gasteiger partial charge in [-0.3, -0.25) is 9.89 Å². The van der Waals surface area contributed by atoms with Crippen molar-refractivity contribution in [1.82, 2.24) is 10.2 Å². The van der Waals surface area contributed by atoms with Crippen LogP contribution in [-0.4, -0.2) is 16.0 Å². The third-order valence-corrected chi connectivity index (χ3v) is 6.19. The van der Waals surface area contributed by atoms with Gasteiger partial charge in [-0.05, 0) is 37.2 Å². The molecule has 1 aliphatic carbocycles. The number of carbonyl (C=O) groups is 1. The van der Waals surface area contributed by atoms with Crippen LogP contribution in [0.3, 0.4) is 0 Å². The van der Waals surface area contributed by atoms with Crippen molar-refractivity contribution in [3.05, 3.63) is 58.4 Å². The molecule has 1 aromatic carbocycles. The Kier molecular flexibility index (Phi) is 3.78. The predicted molar refractivity (Wildman–Crippen MR) is 99.5 cm³/mol. The minimum Gasteiger partial charge on any atom is -0.342 e. The highest BCUT2D eigenvalue weighted by molar-refractivity contribution is 6.01. The van der Waals surface area contributed by atoms with Gasteiger partial charge in [0.15, 0.2) is 11.6 Å². The van der Waals surface area contributed by atoms with Crippen molar-refractivity contribution >= 4 is 11.6 Å². The van der Waals surface area contributed by atoms with Crippen LogP contribution >= 0.6 is 0 Å². The van der Waals surface area contributed by atoms with Crippen LogP contribution in [0.4, 0.5) is 5.82 Å².